The predicted molar refractivity (Wildman–Crippen MR) is 63.6 cm³/mol. The fourth-order valence-electron chi connectivity index (χ4n) is 3.03. The Labute approximate surface area is 99.8 Å². The van der Waals surface area contributed by atoms with Crippen LogP contribution in [-0.4, -0.2) is 30.8 Å². The second kappa shape index (κ2) is 3.65. The van der Waals surface area contributed by atoms with Crippen LogP contribution < -0.4 is 9.64 Å². The number of rotatable bonds is 2. The largest absolute Gasteiger partial charge is 0.497 e. The molecule has 2 unspecified atom stereocenters. The monoisotopic (exact) mass is 233 g/mol. The standard InChI is InChI=1S/C13H15NO3/c1-17-9-3-2-8-6-12-10(13(15)16)4-5-14(12)11(8)7-9/h2-3,7,10,12H,4-6H2,1H3,(H,15,16). The molecule has 0 aliphatic carbocycles. The summed E-state index contributed by atoms with van der Waals surface area (Å²) in [6.45, 7) is 0.835. The van der Waals surface area contributed by atoms with Gasteiger partial charge in [0.1, 0.15) is 5.75 Å². The summed E-state index contributed by atoms with van der Waals surface area (Å²) in [6.07, 6.45) is 1.59. The van der Waals surface area contributed by atoms with Gasteiger partial charge in [0, 0.05) is 24.3 Å². The van der Waals surface area contributed by atoms with Crippen molar-refractivity contribution in [1.82, 2.24) is 0 Å². The van der Waals surface area contributed by atoms with Gasteiger partial charge in [-0.2, -0.15) is 0 Å². The molecule has 1 N–H and O–H groups in total. The molecule has 2 heterocycles. The van der Waals surface area contributed by atoms with Gasteiger partial charge in [-0.15, -0.1) is 0 Å². The maximum absolute atomic E-state index is 11.2. The molecule has 0 saturated carbocycles. The summed E-state index contributed by atoms with van der Waals surface area (Å²) in [7, 11) is 1.65. The fourth-order valence-corrected chi connectivity index (χ4v) is 3.03. The van der Waals surface area contributed by atoms with Crippen LogP contribution in [0.4, 0.5) is 5.69 Å². The first-order chi connectivity index (χ1) is 8.20. The average molecular weight is 233 g/mol. The number of carboxylic acid groups (broad SMARTS) is 1. The Balaban J connectivity index is 1.95. The Hall–Kier alpha value is -1.71. The molecule has 0 spiro atoms. The van der Waals surface area contributed by atoms with Gasteiger partial charge < -0.3 is 14.7 Å². The van der Waals surface area contributed by atoms with Gasteiger partial charge in [-0.25, -0.2) is 0 Å². The lowest BCUT2D eigenvalue weighted by molar-refractivity contribution is -0.141. The van der Waals surface area contributed by atoms with Gasteiger partial charge >= 0.3 is 5.97 Å². The van der Waals surface area contributed by atoms with E-state index in [-0.39, 0.29) is 12.0 Å². The van der Waals surface area contributed by atoms with E-state index in [0.717, 1.165) is 30.8 Å². The molecule has 1 aromatic rings. The predicted octanol–water partition coefficient (Wildman–Crippen LogP) is 1.53. The van der Waals surface area contributed by atoms with Gasteiger partial charge in [0.2, 0.25) is 0 Å². The molecule has 1 aromatic carbocycles. The van der Waals surface area contributed by atoms with E-state index >= 15 is 0 Å². The molecule has 4 heteroatoms. The van der Waals surface area contributed by atoms with Crippen LogP contribution in [0.1, 0.15) is 12.0 Å². The summed E-state index contributed by atoms with van der Waals surface area (Å²) in [5.41, 5.74) is 2.39. The zero-order chi connectivity index (χ0) is 12.0. The fraction of sp³-hybridized carbons (Fsp3) is 0.462. The molecule has 3 rings (SSSR count). The van der Waals surface area contributed by atoms with Crippen molar-refractivity contribution in [2.45, 2.75) is 18.9 Å². The minimum atomic E-state index is -0.669. The third-order valence-corrected chi connectivity index (χ3v) is 3.89. The summed E-state index contributed by atoms with van der Waals surface area (Å²) < 4.78 is 5.22. The van der Waals surface area contributed by atoms with E-state index < -0.39 is 5.97 Å². The summed E-state index contributed by atoms with van der Waals surface area (Å²) >= 11 is 0. The number of benzene rings is 1. The molecule has 2 atom stereocenters. The molecular weight excluding hydrogens is 218 g/mol. The van der Waals surface area contributed by atoms with Gasteiger partial charge in [-0.1, -0.05) is 6.07 Å². The molecule has 90 valence electrons. The highest BCUT2D eigenvalue weighted by Gasteiger charge is 2.43. The van der Waals surface area contributed by atoms with Crippen molar-refractivity contribution < 1.29 is 14.6 Å². The first-order valence-electron chi connectivity index (χ1n) is 5.87. The molecule has 2 aliphatic heterocycles. The highest BCUT2D eigenvalue weighted by Crippen LogP contribution is 2.42. The first-order valence-corrected chi connectivity index (χ1v) is 5.87. The van der Waals surface area contributed by atoms with Crippen molar-refractivity contribution in [1.29, 1.82) is 0 Å². The van der Waals surface area contributed by atoms with Crippen molar-refractivity contribution in [3.05, 3.63) is 23.8 Å². The number of hydrogen-bond donors (Lipinski definition) is 1. The smallest absolute Gasteiger partial charge is 0.308 e. The molecule has 17 heavy (non-hydrogen) atoms. The van der Waals surface area contributed by atoms with Crippen molar-refractivity contribution in [2.24, 2.45) is 5.92 Å². The number of carboxylic acids is 1. The summed E-state index contributed by atoms with van der Waals surface area (Å²) in [4.78, 5) is 13.4. The van der Waals surface area contributed by atoms with Crippen molar-refractivity contribution in [3.63, 3.8) is 0 Å². The maximum atomic E-state index is 11.2. The molecule has 1 saturated heterocycles. The van der Waals surface area contributed by atoms with Crippen LogP contribution in [0, 0.1) is 5.92 Å². The number of ether oxygens (including phenoxy) is 1. The quantitative estimate of drug-likeness (QED) is 0.841. The van der Waals surface area contributed by atoms with Gasteiger partial charge in [-0.3, -0.25) is 4.79 Å². The zero-order valence-corrected chi connectivity index (χ0v) is 9.72. The minimum absolute atomic E-state index is 0.134. The molecule has 1 fully saturated rings. The van der Waals surface area contributed by atoms with Gasteiger partial charge in [0.05, 0.1) is 13.0 Å². The number of aliphatic carboxylic acids is 1. The number of nitrogens with zero attached hydrogens (tertiary/aromatic N) is 1. The molecule has 0 aromatic heterocycles. The third kappa shape index (κ3) is 1.47. The molecule has 2 aliphatic rings. The highest BCUT2D eigenvalue weighted by molar-refractivity contribution is 5.75. The maximum Gasteiger partial charge on any atom is 0.308 e. The Bertz CT molecular complexity index is 472. The lowest BCUT2D eigenvalue weighted by Crippen LogP contribution is -2.32. The van der Waals surface area contributed by atoms with Crippen LogP contribution in [0.5, 0.6) is 5.75 Å². The Morgan fingerprint density at radius 3 is 3.06 bits per heavy atom. The topological polar surface area (TPSA) is 49.8 Å². The average Bonchev–Trinajstić information content (AvgIpc) is 2.86. The van der Waals surface area contributed by atoms with Crippen LogP contribution in [0.25, 0.3) is 0 Å². The Morgan fingerprint density at radius 2 is 2.35 bits per heavy atom. The normalized spacial score (nSPS) is 25.6. The number of hydrogen-bond acceptors (Lipinski definition) is 3. The second-order valence-corrected chi connectivity index (χ2v) is 4.69. The number of anilines is 1. The van der Waals surface area contributed by atoms with E-state index in [1.165, 1.54) is 5.56 Å². The van der Waals surface area contributed by atoms with E-state index in [9.17, 15) is 9.90 Å². The van der Waals surface area contributed by atoms with Gasteiger partial charge in [0.25, 0.3) is 0 Å². The van der Waals surface area contributed by atoms with Crippen LogP contribution in [0.15, 0.2) is 18.2 Å². The Kier molecular flexibility index (Phi) is 2.24. The highest BCUT2D eigenvalue weighted by atomic mass is 16.5. The van der Waals surface area contributed by atoms with Crippen LogP contribution >= 0.6 is 0 Å². The molecule has 0 amide bonds. The molecule has 0 bridgehead atoms. The SMILES string of the molecule is COc1ccc2c(c1)N1CCC(C(=O)O)C1C2. The molecular formula is C13H15NO3. The van der Waals surface area contributed by atoms with E-state index in [1.807, 2.05) is 18.2 Å². The van der Waals surface area contributed by atoms with Crippen molar-refractivity contribution in [3.8, 4) is 5.75 Å². The number of fused-ring (bicyclic) bond motifs is 3. The summed E-state index contributed by atoms with van der Waals surface area (Å²) in [6, 6.07) is 6.14. The van der Waals surface area contributed by atoms with E-state index in [1.54, 1.807) is 7.11 Å². The summed E-state index contributed by atoms with van der Waals surface area (Å²) in [5.74, 6) is -0.0613. The first kappa shape index (κ1) is 10.4. The Morgan fingerprint density at radius 1 is 1.53 bits per heavy atom. The van der Waals surface area contributed by atoms with Crippen LogP contribution in [0.3, 0.4) is 0 Å². The van der Waals surface area contributed by atoms with Gasteiger partial charge in [0.15, 0.2) is 0 Å². The second-order valence-electron chi connectivity index (χ2n) is 4.69. The lowest BCUT2D eigenvalue weighted by Gasteiger charge is -2.20. The molecule has 0 radical (unpaired) electrons. The molecule has 4 nitrogen and oxygen atoms in total. The van der Waals surface area contributed by atoms with Gasteiger partial charge in [-0.05, 0) is 24.5 Å². The van der Waals surface area contributed by atoms with Crippen LogP contribution in [-0.2, 0) is 11.2 Å². The van der Waals surface area contributed by atoms with E-state index in [4.69, 9.17) is 4.74 Å². The third-order valence-electron chi connectivity index (χ3n) is 3.89. The van der Waals surface area contributed by atoms with Crippen molar-refractivity contribution in [2.75, 3.05) is 18.6 Å². The van der Waals surface area contributed by atoms with Crippen molar-refractivity contribution >= 4 is 11.7 Å². The number of methoxy groups -OCH3 is 1. The zero-order valence-electron chi connectivity index (χ0n) is 9.72. The van der Waals surface area contributed by atoms with E-state index in [2.05, 4.69) is 4.90 Å². The lowest BCUT2D eigenvalue weighted by atomic mass is 9.97. The van der Waals surface area contributed by atoms with Crippen LogP contribution in [0.2, 0.25) is 0 Å². The summed E-state index contributed by atoms with van der Waals surface area (Å²) in [5, 5.41) is 9.19. The number of carbonyl (C=O) groups is 1. The minimum Gasteiger partial charge on any atom is -0.497 e. The van der Waals surface area contributed by atoms with E-state index in [0.29, 0.717) is 0 Å².